The Morgan fingerprint density at radius 3 is 2.83 bits per heavy atom. The summed E-state index contributed by atoms with van der Waals surface area (Å²) < 4.78 is 4.41. The third-order valence-corrected chi connectivity index (χ3v) is 1.50. The predicted molar refractivity (Wildman–Crippen MR) is 45.8 cm³/mol. The SMILES string of the molecule is CCCC(O)CNCC(=O)OC. The van der Waals surface area contributed by atoms with Crippen LogP contribution in [0.1, 0.15) is 19.8 Å². The van der Waals surface area contributed by atoms with E-state index in [0.717, 1.165) is 12.8 Å². The molecule has 1 atom stereocenters. The van der Waals surface area contributed by atoms with Crippen LogP contribution < -0.4 is 5.32 Å². The molecule has 0 aliphatic heterocycles. The number of carbonyl (C=O) groups is 1. The molecule has 0 aromatic rings. The molecule has 0 aromatic carbocycles. The summed E-state index contributed by atoms with van der Waals surface area (Å²) in [5.74, 6) is -0.307. The summed E-state index contributed by atoms with van der Waals surface area (Å²) in [5.41, 5.74) is 0. The van der Waals surface area contributed by atoms with E-state index in [-0.39, 0.29) is 18.6 Å². The van der Waals surface area contributed by atoms with Gasteiger partial charge < -0.3 is 15.2 Å². The summed E-state index contributed by atoms with van der Waals surface area (Å²) in [6.07, 6.45) is 1.34. The molecule has 0 radical (unpaired) electrons. The molecule has 2 N–H and O–H groups in total. The van der Waals surface area contributed by atoms with E-state index in [9.17, 15) is 9.90 Å². The van der Waals surface area contributed by atoms with E-state index < -0.39 is 0 Å². The summed E-state index contributed by atoms with van der Waals surface area (Å²) in [7, 11) is 1.34. The van der Waals surface area contributed by atoms with E-state index in [4.69, 9.17) is 0 Å². The van der Waals surface area contributed by atoms with Crippen LogP contribution in [0.15, 0.2) is 0 Å². The number of aliphatic hydroxyl groups is 1. The van der Waals surface area contributed by atoms with Crippen molar-refractivity contribution in [2.45, 2.75) is 25.9 Å². The van der Waals surface area contributed by atoms with Crippen molar-refractivity contribution in [3.63, 3.8) is 0 Å². The molecule has 0 spiro atoms. The van der Waals surface area contributed by atoms with Crippen LogP contribution in [-0.4, -0.2) is 37.4 Å². The number of hydrogen-bond acceptors (Lipinski definition) is 4. The molecule has 4 nitrogen and oxygen atoms in total. The lowest BCUT2D eigenvalue weighted by atomic mass is 10.2. The first-order chi connectivity index (χ1) is 5.70. The second-order valence-corrected chi connectivity index (χ2v) is 2.65. The van der Waals surface area contributed by atoms with Gasteiger partial charge in [-0.2, -0.15) is 0 Å². The Balaban J connectivity index is 3.24. The maximum absolute atomic E-state index is 10.6. The number of hydrogen-bond donors (Lipinski definition) is 2. The second kappa shape index (κ2) is 7.06. The molecular formula is C8H17NO3. The van der Waals surface area contributed by atoms with Crippen LogP contribution in [0.4, 0.5) is 0 Å². The highest BCUT2D eigenvalue weighted by Gasteiger charge is 2.03. The van der Waals surface area contributed by atoms with Crippen molar-refractivity contribution in [3.8, 4) is 0 Å². The lowest BCUT2D eigenvalue weighted by molar-refractivity contribution is -0.139. The van der Waals surface area contributed by atoms with Crippen LogP contribution in [0.3, 0.4) is 0 Å². The van der Waals surface area contributed by atoms with Gasteiger partial charge in [0.15, 0.2) is 0 Å². The minimum Gasteiger partial charge on any atom is -0.468 e. The minimum absolute atomic E-state index is 0.164. The van der Waals surface area contributed by atoms with Gasteiger partial charge in [0, 0.05) is 6.54 Å². The van der Waals surface area contributed by atoms with Crippen molar-refractivity contribution in [2.75, 3.05) is 20.2 Å². The zero-order chi connectivity index (χ0) is 9.40. The normalized spacial score (nSPS) is 12.6. The van der Waals surface area contributed by atoms with Crippen LogP contribution in [-0.2, 0) is 9.53 Å². The molecule has 0 fully saturated rings. The standard InChI is InChI=1S/C8H17NO3/c1-3-4-7(10)5-9-6-8(11)12-2/h7,9-10H,3-6H2,1-2H3. The van der Waals surface area contributed by atoms with Crippen LogP contribution in [0.2, 0.25) is 0 Å². The molecule has 12 heavy (non-hydrogen) atoms. The van der Waals surface area contributed by atoms with E-state index in [2.05, 4.69) is 10.1 Å². The Morgan fingerprint density at radius 2 is 2.33 bits per heavy atom. The molecule has 0 saturated carbocycles. The summed E-state index contributed by atoms with van der Waals surface area (Å²) in [6, 6.07) is 0. The second-order valence-electron chi connectivity index (χ2n) is 2.65. The maximum atomic E-state index is 10.6. The van der Waals surface area contributed by atoms with Gasteiger partial charge >= 0.3 is 5.97 Å². The van der Waals surface area contributed by atoms with Gasteiger partial charge in [-0.3, -0.25) is 4.79 Å². The van der Waals surface area contributed by atoms with Gasteiger partial charge in [-0.25, -0.2) is 0 Å². The van der Waals surface area contributed by atoms with E-state index >= 15 is 0 Å². The number of ether oxygens (including phenoxy) is 1. The van der Waals surface area contributed by atoms with Gasteiger partial charge in [0.25, 0.3) is 0 Å². The molecule has 0 saturated heterocycles. The summed E-state index contributed by atoms with van der Waals surface area (Å²) in [4.78, 5) is 10.6. The first-order valence-corrected chi connectivity index (χ1v) is 4.16. The number of aliphatic hydroxyl groups excluding tert-OH is 1. The van der Waals surface area contributed by atoms with E-state index in [0.29, 0.717) is 6.54 Å². The molecular weight excluding hydrogens is 158 g/mol. The molecule has 0 rings (SSSR count). The molecule has 0 aliphatic rings. The van der Waals surface area contributed by atoms with Crippen LogP contribution >= 0.6 is 0 Å². The van der Waals surface area contributed by atoms with Crippen molar-refractivity contribution in [1.29, 1.82) is 0 Å². The lowest BCUT2D eigenvalue weighted by Crippen LogP contribution is -2.31. The fraction of sp³-hybridized carbons (Fsp3) is 0.875. The monoisotopic (exact) mass is 175 g/mol. The molecule has 0 heterocycles. The van der Waals surface area contributed by atoms with Gasteiger partial charge in [0.05, 0.1) is 19.8 Å². The number of nitrogens with one attached hydrogen (secondary N) is 1. The van der Waals surface area contributed by atoms with Gasteiger partial charge in [-0.15, -0.1) is 0 Å². The molecule has 0 aliphatic carbocycles. The van der Waals surface area contributed by atoms with Gasteiger partial charge in [-0.05, 0) is 6.42 Å². The van der Waals surface area contributed by atoms with Crippen LogP contribution in [0.5, 0.6) is 0 Å². The summed E-state index contributed by atoms with van der Waals surface area (Å²) >= 11 is 0. The van der Waals surface area contributed by atoms with Crippen molar-refractivity contribution < 1.29 is 14.6 Å². The summed E-state index contributed by atoms with van der Waals surface area (Å²) in [5, 5.41) is 12.0. The first-order valence-electron chi connectivity index (χ1n) is 4.16. The Kier molecular flexibility index (Phi) is 6.70. The van der Waals surface area contributed by atoms with Crippen molar-refractivity contribution >= 4 is 5.97 Å². The highest BCUT2D eigenvalue weighted by molar-refractivity contribution is 5.71. The lowest BCUT2D eigenvalue weighted by Gasteiger charge is -2.09. The molecule has 0 amide bonds. The molecule has 72 valence electrons. The molecule has 1 unspecified atom stereocenters. The Morgan fingerprint density at radius 1 is 1.67 bits per heavy atom. The minimum atomic E-state index is -0.361. The van der Waals surface area contributed by atoms with Gasteiger partial charge in [0.1, 0.15) is 0 Å². The smallest absolute Gasteiger partial charge is 0.319 e. The number of esters is 1. The van der Waals surface area contributed by atoms with Crippen molar-refractivity contribution in [3.05, 3.63) is 0 Å². The topological polar surface area (TPSA) is 58.6 Å². The van der Waals surface area contributed by atoms with Gasteiger partial charge in [-0.1, -0.05) is 13.3 Å². The van der Waals surface area contributed by atoms with E-state index in [1.807, 2.05) is 6.92 Å². The first kappa shape index (κ1) is 11.4. The third-order valence-electron chi connectivity index (χ3n) is 1.50. The maximum Gasteiger partial charge on any atom is 0.319 e. The van der Waals surface area contributed by atoms with Crippen molar-refractivity contribution in [2.24, 2.45) is 0 Å². The highest BCUT2D eigenvalue weighted by Crippen LogP contribution is 1.93. The fourth-order valence-corrected chi connectivity index (χ4v) is 0.848. The predicted octanol–water partition coefficient (Wildman–Crippen LogP) is -0.0900. The van der Waals surface area contributed by atoms with Crippen LogP contribution in [0, 0.1) is 0 Å². The average molecular weight is 175 g/mol. The quantitative estimate of drug-likeness (QED) is 0.554. The number of carbonyl (C=O) groups excluding carboxylic acids is 1. The Hall–Kier alpha value is -0.610. The van der Waals surface area contributed by atoms with Crippen molar-refractivity contribution in [1.82, 2.24) is 5.32 Å². The third kappa shape index (κ3) is 6.12. The molecule has 0 bridgehead atoms. The van der Waals surface area contributed by atoms with Gasteiger partial charge in [0.2, 0.25) is 0 Å². The highest BCUT2D eigenvalue weighted by atomic mass is 16.5. The van der Waals surface area contributed by atoms with E-state index in [1.165, 1.54) is 7.11 Å². The fourth-order valence-electron chi connectivity index (χ4n) is 0.848. The zero-order valence-electron chi connectivity index (χ0n) is 7.67. The number of methoxy groups -OCH3 is 1. The average Bonchev–Trinajstić information content (AvgIpc) is 2.04. The number of rotatable bonds is 6. The largest absolute Gasteiger partial charge is 0.468 e. The van der Waals surface area contributed by atoms with E-state index in [1.54, 1.807) is 0 Å². The molecule has 4 heteroatoms. The van der Waals surface area contributed by atoms with Crippen LogP contribution in [0.25, 0.3) is 0 Å². The Bertz CT molecular complexity index is 127. The summed E-state index contributed by atoms with van der Waals surface area (Å²) in [6.45, 7) is 2.61. The zero-order valence-corrected chi connectivity index (χ0v) is 7.67. The Labute approximate surface area is 72.9 Å². The molecule has 0 aromatic heterocycles.